The van der Waals surface area contributed by atoms with E-state index < -0.39 is 37.7 Å². The Kier molecular flexibility index (Phi) is 5.49. The minimum absolute atomic E-state index is 0.554. The minimum Gasteiger partial charge on any atom is -0.384 e. The lowest BCUT2D eigenvalue weighted by Crippen LogP contribution is -2.29. The Hall–Kier alpha value is -1.73. The van der Waals surface area contributed by atoms with Crippen LogP contribution in [0.1, 0.15) is 13.8 Å². The number of hydrogen-bond acceptors (Lipinski definition) is 7. The van der Waals surface area contributed by atoms with Gasteiger partial charge in [0.25, 0.3) is 0 Å². The number of rotatable bonds is 4. The highest BCUT2D eigenvalue weighted by Gasteiger charge is 2.37. The first-order valence-electron chi connectivity index (χ1n) is 4.17. The fraction of sp³-hybridized carbons (Fsp3) is 0.429. The van der Waals surface area contributed by atoms with E-state index in [0.29, 0.717) is 0 Å². The Morgan fingerprint density at radius 2 is 1.76 bits per heavy atom. The van der Waals surface area contributed by atoms with Gasteiger partial charge >= 0.3 is 25.2 Å². The summed E-state index contributed by atoms with van der Waals surface area (Å²) >= 11 is 0. The Morgan fingerprint density at radius 1 is 1.24 bits per heavy atom. The third kappa shape index (κ3) is 6.44. The Bertz CT molecular complexity index is 403. The molecule has 0 saturated carbocycles. The van der Waals surface area contributed by atoms with Crippen molar-refractivity contribution >= 4 is 31.2 Å². The maximum absolute atomic E-state index is 11.0. The van der Waals surface area contributed by atoms with E-state index >= 15 is 0 Å². The molecular weight excluding hydrogens is 257 g/mol. The summed E-state index contributed by atoms with van der Waals surface area (Å²) in [5, 5.41) is 2.00. The average molecular weight is 267 g/mol. The van der Waals surface area contributed by atoms with Gasteiger partial charge in [0.1, 0.15) is 6.54 Å². The second-order valence-corrected chi connectivity index (χ2v) is 4.34. The van der Waals surface area contributed by atoms with Crippen LogP contribution < -0.4 is 5.32 Å². The van der Waals surface area contributed by atoms with Crippen molar-refractivity contribution in [2.24, 2.45) is 0 Å². The van der Waals surface area contributed by atoms with Crippen molar-refractivity contribution in [3.05, 3.63) is 0 Å². The van der Waals surface area contributed by atoms with Gasteiger partial charge in [-0.2, -0.15) is 0 Å². The molecule has 0 heterocycles. The lowest BCUT2D eigenvalue weighted by Gasteiger charge is -2.08. The molecule has 9 nitrogen and oxygen atoms in total. The summed E-state index contributed by atoms with van der Waals surface area (Å²) in [5.74, 6) is -2.99. The van der Waals surface area contributed by atoms with Crippen LogP contribution in [0.4, 0.5) is 4.79 Å². The van der Waals surface area contributed by atoms with Crippen LogP contribution in [0.3, 0.4) is 0 Å². The second-order valence-electron chi connectivity index (χ2n) is 2.75. The molecule has 0 spiro atoms. The standard InChI is InChI=1S/C7H10NO8P/c1-4(9)8-3-6(11)15-7(12)17(13,14)16-5(2)10/h3H2,1-2H3,(H,8,9)(H,13,14). The number of carbonyl (C=O) groups is 4. The normalized spacial score (nSPS) is 13.1. The zero-order chi connectivity index (χ0) is 13.6. The molecule has 0 saturated heterocycles. The number of esters is 1. The molecule has 0 aromatic carbocycles. The van der Waals surface area contributed by atoms with Gasteiger partial charge in [0, 0.05) is 13.8 Å². The monoisotopic (exact) mass is 267 g/mol. The average Bonchev–Trinajstić information content (AvgIpc) is 2.12. The topological polar surface area (TPSA) is 136 Å². The van der Waals surface area contributed by atoms with Crippen molar-refractivity contribution in [3.63, 3.8) is 0 Å². The lowest BCUT2D eigenvalue weighted by atomic mass is 10.6. The first-order chi connectivity index (χ1) is 7.65. The number of hydrogen-bond donors (Lipinski definition) is 2. The molecule has 1 unspecified atom stereocenters. The van der Waals surface area contributed by atoms with Crippen molar-refractivity contribution in [2.45, 2.75) is 13.8 Å². The van der Waals surface area contributed by atoms with Crippen molar-refractivity contribution < 1.29 is 37.9 Å². The van der Waals surface area contributed by atoms with Gasteiger partial charge in [0.05, 0.1) is 0 Å². The molecule has 1 atom stereocenters. The van der Waals surface area contributed by atoms with E-state index in [1.54, 1.807) is 0 Å². The molecular formula is C7H10NO8P. The molecule has 1 amide bonds. The van der Waals surface area contributed by atoms with Crippen LogP contribution in [0.25, 0.3) is 0 Å². The molecule has 96 valence electrons. The van der Waals surface area contributed by atoms with Gasteiger partial charge in [-0.25, -0.2) is 14.2 Å². The predicted octanol–water partition coefficient (Wildman–Crippen LogP) is -0.466. The van der Waals surface area contributed by atoms with Crippen molar-refractivity contribution in [1.82, 2.24) is 5.32 Å². The molecule has 0 bridgehead atoms. The van der Waals surface area contributed by atoms with Crippen LogP contribution in [0, 0.1) is 0 Å². The molecule has 2 N–H and O–H groups in total. The van der Waals surface area contributed by atoms with E-state index in [4.69, 9.17) is 4.89 Å². The summed E-state index contributed by atoms with van der Waals surface area (Å²) in [6.07, 6.45) is 0. The first-order valence-corrected chi connectivity index (χ1v) is 5.75. The van der Waals surface area contributed by atoms with Gasteiger partial charge in [-0.1, -0.05) is 0 Å². The molecule has 0 radical (unpaired) electrons. The third-order valence-corrected chi connectivity index (χ3v) is 2.22. The number of carbonyl (C=O) groups excluding carboxylic acids is 4. The van der Waals surface area contributed by atoms with Crippen molar-refractivity contribution in [2.75, 3.05) is 6.54 Å². The van der Waals surface area contributed by atoms with Crippen molar-refractivity contribution in [3.8, 4) is 0 Å². The molecule has 0 fully saturated rings. The minimum atomic E-state index is -4.99. The molecule has 17 heavy (non-hydrogen) atoms. The van der Waals surface area contributed by atoms with E-state index in [9.17, 15) is 23.7 Å². The number of ether oxygens (including phenoxy) is 1. The maximum Gasteiger partial charge on any atom is 0.488 e. The summed E-state index contributed by atoms with van der Waals surface area (Å²) in [5.41, 5.74) is -1.89. The predicted molar refractivity (Wildman–Crippen MR) is 51.8 cm³/mol. The molecule has 0 aromatic rings. The summed E-state index contributed by atoms with van der Waals surface area (Å²) in [4.78, 5) is 51.4. The van der Waals surface area contributed by atoms with Gasteiger partial charge in [-0.15, -0.1) is 0 Å². The fourth-order valence-corrected chi connectivity index (χ4v) is 1.24. The van der Waals surface area contributed by atoms with E-state index in [1.165, 1.54) is 0 Å². The van der Waals surface area contributed by atoms with Crippen molar-refractivity contribution in [1.29, 1.82) is 0 Å². The Morgan fingerprint density at radius 3 is 2.18 bits per heavy atom. The SMILES string of the molecule is CC(=O)NCC(=O)OC(=O)P(=O)(O)OC(C)=O. The highest BCUT2D eigenvalue weighted by molar-refractivity contribution is 7.70. The van der Waals surface area contributed by atoms with Crippen LogP contribution in [-0.2, 0) is 28.2 Å². The van der Waals surface area contributed by atoms with Gasteiger partial charge < -0.3 is 19.5 Å². The zero-order valence-corrected chi connectivity index (χ0v) is 9.85. The van der Waals surface area contributed by atoms with Gasteiger partial charge in [-0.3, -0.25) is 9.59 Å². The number of amides is 1. The van der Waals surface area contributed by atoms with E-state index in [1.807, 2.05) is 5.32 Å². The van der Waals surface area contributed by atoms with E-state index in [0.717, 1.165) is 13.8 Å². The molecule has 0 aliphatic rings. The Balaban J connectivity index is 4.34. The van der Waals surface area contributed by atoms with Crippen LogP contribution >= 0.6 is 7.60 Å². The maximum atomic E-state index is 11.0. The molecule has 0 aromatic heterocycles. The van der Waals surface area contributed by atoms with Crippen LogP contribution in [0.5, 0.6) is 0 Å². The number of nitrogens with one attached hydrogen (secondary N) is 1. The summed E-state index contributed by atoms with van der Waals surface area (Å²) in [7, 11) is -4.99. The summed E-state index contributed by atoms with van der Waals surface area (Å²) in [6, 6.07) is 0. The van der Waals surface area contributed by atoms with Crippen LogP contribution in [-0.4, -0.2) is 35.0 Å². The molecule has 0 aliphatic carbocycles. The summed E-state index contributed by atoms with van der Waals surface area (Å²) in [6.45, 7) is 1.27. The quantitative estimate of drug-likeness (QED) is 0.396. The zero-order valence-electron chi connectivity index (χ0n) is 8.96. The lowest BCUT2D eigenvalue weighted by molar-refractivity contribution is -0.138. The second kappa shape index (κ2) is 6.12. The molecule has 0 rings (SSSR count). The summed E-state index contributed by atoms with van der Waals surface area (Å²) < 4.78 is 18.7. The highest BCUT2D eigenvalue weighted by atomic mass is 31.2. The van der Waals surface area contributed by atoms with Gasteiger partial charge in [0.2, 0.25) is 5.91 Å². The fourth-order valence-electron chi connectivity index (χ4n) is 0.599. The van der Waals surface area contributed by atoms with E-state index in [-0.39, 0.29) is 0 Å². The smallest absolute Gasteiger partial charge is 0.384 e. The Labute approximate surface area is 95.6 Å². The largest absolute Gasteiger partial charge is 0.488 e. The third-order valence-electron chi connectivity index (χ3n) is 1.17. The molecule has 10 heteroatoms. The molecule has 0 aliphatic heterocycles. The van der Waals surface area contributed by atoms with E-state index in [2.05, 4.69) is 9.26 Å². The van der Waals surface area contributed by atoms with Crippen LogP contribution in [0.2, 0.25) is 0 Å². The van der Waals surface area contributed by atoms with Gasteiger partial charge in [0.15, 0.2) is 0 Å². The highest BCUT2D eigenvalue weighted by Crippen LogP contribution is 2.44. The van der Waals surface area contributed by atoms with Gasteiger partial charge in [-0.05, 0) is 0 Å². The van der Waals surface area contributed by atoms with Crippen LogP contribution in [0.15, 0.2) is 0 Å². The first kappa shape index (κ1) is 15.3.